The van der Waals surface area contributed by atoms with Crippen molar-refractivity contribution in [3.05, 3.63) is 17.8 Å². The van der Waals surface area contributed by atoms with Crippen LogP contribution in [0.25, 0.3) is 0 Å². The van der Waals surface area contributed by atoms with E-state index in [1.54, 1.807) is 0 Å². The predicted molar refractivity (Wildman–Crippen MR) is 60.8 cm³/mol. The summed E-state index contributed by atoms with van der Waals surface area (Å²) in [5.41, 5.74) is 7.31. The molecular weight excluding hydrogens is 190 g/mol. The second-order valence-corrected chi connectivity index (χ2v) is 3.98. The lowest BCUT2D eigenvalue weighted by atomic mass is 10.1. The van der Waals surface area contributed by atoms with E-state index in [-0.39, 0.29) is 0 Å². The van der Waals surface area contributed by atoms with E-state index < -0.39 is 0 Å². The lowest BCUT2D eigenvalue weighted by Gasteiger charge is -2.10. The van der Waals surface area contributed by atoms with Gasteiger partial charge in [-0.15, -0.1) is 0 Å². The number of aryl methyl sites for hydroxylation is 1. The molecule has 3 N–H and O–H groups in total. The molecule has 4 heteroatoms. The molecule has 1 fully saturated rings. The molecule has 0 aliphatic carbocycles. The highest BCUT2D eigenvalue weighted by Gasteiger charge is 2.15. The van der Waals surface area contributed by atoms with Crippen molar-refractivity contribution in [3.8, 4) is 0 Å². The molecule has 1 aromatic heterocycles. The van der Waals surface area contributed by atoms with Crippen molar-refractivity contribution in [2.45, 2.75) is 13.3 Å². The Morgan fingerprint density at radius 2 is 2.47 bits per heavy atom. The summed E-state index contributed by atoms with van der Waals surface area (Å²) >= 11 is 0. The van der Waals surface area contributed by atoms with Crippen LogP contribution in [0.15, 0.2) is 12.1 Å². The average molecular weight is 207 g/mol. The lowest BCUT2D eigenvalue weighted by Crippen LogP contribution is -2.15. The van der Waals surface area contributed by atoms with E-state index in [0.717, 1.165) is 43.4 Å². The fourth-order valence-corrected chi connectivity index (χ4v) is 1.66. The normalized spacial score (nSPS) is 20.5. The Balaban J connectivity index is 1.90. The SMILES string of the molecule is Cc1nc(NCC2CCOC2)ccc1N. The molecule has 0 radical (unpaired) electrons. The summed E-state index contributed by atoms with van der Waals surface area (Å²) in [4.78, 5) is 4.36. The number of aromatic nitrogens is 1. The molecule has 2 rings (SSSR count). The first-order valence-electron chi connectivity index (χ1n) is 5.30. The van der Waals surface area contributed by atoms with Crippen molar-refractivity contribution in [3.63, 3.8) is 0 Å². The Bertz CT molecular complexity index is 335. The molecule has 0 bridgehead atoms. The van der Waals surface area contributed by atoms with Crippen LogP contribution < -0.4 is 11.1 Å². The van der Waals surface area contributed by atoms with Gasteiger partial charge in [0.2, 0.25) is 0 Å². The molecule has 1 aliphatic heterocycles. The summed E-state index contributed by atoms with van der Waals surface area (Å²) in [6, 6.07) is 3.80. The van der Waals surface area contributed by atoms with Gasteiger partial charge in [-0.25, -0.2) is 4.98 Å². The number of nitrogens with one attached hydrogen (secondary N) is 1. The number of hydrogen-bond acceptors (Lipinski definition) is 4. The molecule has 15 heavy (non-hydrogen) atoms. The summed E-state index contributed by atoms with van der Waals surface area (Å²) in [6.07, 6.45) is 1.14. The Morgan fingerprint density at radius 3 is 3.13 bits per heavy atom. The van der Waals surface area contributed by atoms with Crippen LogP contribution >= 0.6 is 0 Å². The minimum absolute atomic E-state index is 0.615. The third-order valence-electron chi connectivity index (χ3n) is 2.72. The highest BCUT2D eigenvalue weighted by Crippen LogP contribution is 2.15. The Hall–Kier alpha value is -1.29. The maximum atomic E-state index is 5.70. The van der Waals surface area contributed by atoms with Crippen LogP contribution in [0.4, 0.5) is 11.5 Å². The fourth-order valence-electron chi connectivity index (χ4n) is 1.66. The van der Waals surface area contributed by atoms with E-state index >= 15 is 0 Å². The molecule has 0 aromatic carbocycles. The van der Waals surface area contributed by atoms with Crippen LogP contribution in [0.5, 0.6) is 0 Å². The first-order chi connectivity index (χ1) is 7.25. The Labute approximate surface area is 89.8 Å². The molecular formula is C11H17N3O. The van der Waals surface area contributed by atoms with Crippen molar-refractivity contribution in [1.29, 1.82) is 0 Å². The van der Waals surface area contributed by atoms with Crippen molar-refractivity contribution < 1.29 is 4.74 Å². The molecule has 1 unspecified atom stereocenters. The zero-order chi connectivity index (χ0) is 10.7. The number of anilines is 2. The first-order valence-corrected chi connectivity index (χ1v) is 5.30. The highest BCUT2D eigenvalue weighted by molar-refractivity contribution is 5.48. The van der Waals surface area contributed by atoms with Crippen molar-refractivity contribution in [2.75, 3.05) is 30.8 Å². The predicted octanol–water partition coefficient (Wildman–Crippen LogP) is 1.42. The summed E-state index contributed by atoms with van der Waals surface area (Å²) in [5.74, 6) is 1.51. The molecule has 82 valence electrons. The monoisotopic (exact) mass is 207 g/mol. The number of nitrogens with two attached hydrogens (primary N) is 1. The van der Waals surface area contributed by atoms with E-state index in [2.05, 4.69) is 10.3 Å². The number of nitrogen functional groups attached to an aromatic ring is 1. The Morgan fingerprint density at radius 1 is 1.60 bits per heavy atom. The second kappa shape index (κ2) is 4.49. The van der Waals surface area contributed by atoms with Gasteiger partial charge in [-0.2, -0.15) is 0 Å². The van der Waals surface area contributed by atoms with E-state index in [0.29, 0.717) is 5.92 Å². The minimum atomic E-state index is 0.615. The van der Waals surface area contributed by atoms with Gasteiger partial charge in [0.15, 0.2) is 0 Å². The van der Waals surface area contributed by atoms with E-state index in [1.165, 1.54) is 0 Å². The van der Waals surface area contributed by atoms with Gasteiger partial charge in [0.25, 0.3) is 0 Å². The minimum Gasteiger partial charge on any atom is -0.397 e. The van der Waals surface area contributed by atoms with Crippen molar-refractivity contribution in [2.24, 2.45) is 5.92 Å². The summed E-state index contributed by atoms with van der Waals surface area (Å²) in [5, 5.41) is 3.31. The third-order valence-corrected chi connectivity index (χ3v) is 2.72. The number of rotatable bonds is 3. The molecule has 1 atom stereocenters. The maximum Gasteiger partial charge on any atom is 0.126 e. The van der Waals surface area contributed by atoms with Crippen LogP contribution in [-0.2, 0) is 4.74 Å². The zero-order valence-corrected chi connectivity index (χ0v) is 8.99. The van der Waals surface area contributed by atoms with Gasteiger partial charge in [-0.1, -0.05) is 0 Å². The maximum absolute atomic E-state index is 5.70. The van der Waals surface area contributed by atoms with Gasteiger partial charge in [-0.3, -0.25) is 0 Å². The smallest absolute Gasteiger partial charge is 0.126 e. The van der Waals surface area contributed by atoms with E-state index in [4.69, 9.17) is 10.5 Å². The third kappa shape index (κ3) is 2.59. The molecule has 4 nitrogen and oxygen atoms in total. The van der Waals surface area contributed by atoms with E-state index in [9.17, 15) is 0 Å². The molecule has 2 heterocycles. The molecule has 1 aromatic rings. The summed E-state index contributed by atoms with van der Waals surface area (Å²) in [7, 11) is 0. The molecule has 1 saturated heterocycles. The number of pyridine rings is 1. The molecule has 0 saturated carbocycles. The molecule has 0 amide bonds. The van der Waals surface area contributed by atoms with Crippen LogP contribution in [-0.4, -0.2) is 24.7 Å². The van der Waals surface area contributed by atoms with Gasteiger partial charge in [0.05, 0.1) is 18.0 Å². The van der Waals surface area contributed by atoms with Crippen LogP contribution in [0.1, 0.15) is 12.1 Å². The summed E-state index contributed by atoms with van der Waals surface area (Å²) < 4.78 is 5.31. The number of hydrogen-bond donors (Lipinski definition) is 2. The van der Waals surface area contributed by atoms with Gasteiger partial charge in [0, 0.05) is 19.1 Å². The van der Waals surface area contributed by atoms with Crippen molar-refractivity contribution in [1.82, 2.24) is 4.98 Å². The van der Waals surface area contributed by atoms with Crippen LogP contribution in [0.2, 0.25) is 0 Å². The number of nitrogens with zero attached hydrogens (tertiary/aromatic N) is 1. The van der Waals surface area contributed by atoms with Crippen LogP contribution in [0, 0.1) is 12.8 Å². The quantitative estimate of drug-likeness (QED) is 0.787. The number of ether oxygens (including phenoxy) is 1. The van der Waals surface area contributed by atoms with Gasteiger partial charge < -0.3 is 15.8 Å². The van der Waals surface area contributed by atoms with Crippen molar-refractivity contribution >= 4 is 11.5 Å². The first kappa shape index (κ1) is 10.2. The van der Waals surface area contributed by atoms with Gasteiger partial charge in [0.1, 0.15) is 5.82 Å². The Kier molecular flexibility index (Phi) is 3.06. The van der Waals surface area contributed by atoms with E-state index in [1.807, 2.05) is 19.1 Å². The van der Waals surface area contributed by atoms with Crippen LogP contribution in [0.3, 0.4) is 0 Å². The average Bonchev–Trinajstić information content (AvgIpc) is 2.73. The summed E-state index contributed by atoms with van der Waals surface area (Å²) in [6.45, 7) is 4.59. The fraction of sp³-hybridized carbons (Fsp3) is 0.545. The zero-order valence-electron chi connectivity index (χ0n) is 8.99. The van der Waals surface area contributed by atoms with Gasteiger partial charge >= 0.3 is 0 Å². The molecule has 1 aliphatic rings. The molecule has 0 spiro atoms. The lowest BCUT2D eigenvalue weighted by molar-refractivity contribution is 0.187. The largest absolute Gasteiger partial charge is 0.397 e. The topological polar surface area (TPSA) is 60.2 Å². The standard InChI is InChI=1S/C11H17N3O/c1-8-10(12)2-3-11(14-8)13-6-9-4-5-15-7-9/h2-3,9H,4-7,12H2,1H3,(H,13,14). The highest BCUT2D eigenvalue weighted by atomic mass is 16.5. The second-order valence-electron chi connectivity index (χ2n) is 3.98. The van der Waals surface area contributed by atoms with Gasteiger partial charge in [-0.05, 0) is 25.5 Å².